The number of nitrogens with two attached hydrogens (primary N) is 2. The average molecular weight is 306 g/mol. The molecule has 0 bridgehead atoms. The second kappa shape index (κ2) is 7.81. The summed E-state index contributed by atoms with van der Waals surface area (Å²) in [7, 11) is -2.40. The third kappa shape index (κ3) is 5.45. The van der Waals surface area contributed by atoms with Gasteiger partial charge in [0.15, 0.2) is 10.7 Å². The lowest BCUT2D eigenvalue weighted by atomic mass is 10.1. The van der Waals surface area contributed by atoms with Gasteiger partial charge in [-0.15, -0.1) is 0 Å². The maximum atomic E-state index is 10.6. The first-order valence-corrected chi connectivity index (χ1v) is 6.98. The molecule has 0 aliphatic heterocycles. The summed E-state index contributed by atoms with van der Waals surface area (Å²) in [4.78, 5) is 21.5. The van der Waals surface area contributed by atoms with Crippen LogP contribution >= 0.6 is 0 Å². The fraction of sp³-hybridized carbons (Fsp3) is 0. The van der Waals surface area contributed by atoms with Crippen molar-refractivity contribution in [2.45, 2.75) is 4.90 Å². The average Bonchev–Trinajstić information content (AvgIpc) is 2.49. The van der Waals surface area contributed by atoms with Gasteiger partial charge in [-0.1, -0.05) is 18.2 Å². The smallest absolute Gasteiger partial charge is 0.248 e. The van der Waals surface area contributed by atoms with Crippen molar-refractivity contribution >= 4 is 22.5 Å². The molecule has 0 saturated carbocycles. The number of carbonyl (C=O) groups is 2. The maximum Gasteiger partial charge on any atom is 0.248 e. The molecule has 7 heteroatoms. The molecule has 0 spiro atoms. The quantitative estimate of drug-likeness (QED) is 0.717. The number of rotatable bonds is 3. The van der Waals surface area contributed by atoms with Gasteiger partial charge in [0.25, 0.3) is 0 Å². The van der Waals surface area contributed by atoms with E-state index in [9.17, 15) is 18.0 Å². The highest BCUT2D eigenvalue weighted by atomic mass is 32.2. The highest BCUT2D eigenvalue weighted by Crippen LogP contribution is 2.02. The van der Waals surface area contributed by atoms with Crippen molar-refractivity contribution in [2.75, 3.05) is 0 Å². The number of hydrogen-bond donors (Lipinski definition) is 3. The number of benzene rings is 2. The molecule has 0 aromatic heterocycles. The fourth-order valence-electron chi connectivity index (χ4n) is 1.35. The van der Waals surface area contributed by atoms with Crippen LogP contribution in [-0.4, -0.2) is 20.2 Å². The molecule has 2 rings (SSSR count). The van der Waals surface area contributed by atoms with Crippen LogP contribution in [0.3, 0.4) is 0 Å². The fourth-order valence-corrected chi connectivity index (χ4v) is 1.76. The van der Waals surface area contributed by atoms with E-state index < -0.39 is 22.5 Å². The van der Waals surface area contributed by atoms with E-state index in [0.29, 0.717) is 16.0 Å². The summed E-state index contributed by atoms with van der Waals surface area (Å²) in [5, 5.41) is 0. The zero-order valence-corrected chi connectivity index (χ0v) is 11.8. The summed E-state index contributed by atoms with van der Waals surface area (Å²) in [6, 6.07) is 14.1. The zero-order chi connectivity index (χ0) is 15.8. The molecule has 0 heterocycles. The van der Waals surface area contributed by atoms with Crippen LogP contribution in [0.1, 0.15) is 20.7 Å². The second-order valence-electron chi connectivity index (χ2n) is 3.90. The van der Waals surface area contributed by atoms with E-state index in [1.165, 1.54) is 24.3 Å². The molecule has 0 aliphatic carbocycles. The van der Waals surface area contributed by atoms with Crippen LogP contribution in [0.5, 0.6) is 0 Å². The molecule has 0 aliphatic rings. The number of amides is 2. The van der Waals surface area contributed by atoms with E-state index in [-0.39, 0.29) is 0 Å². The van der Waals surface area contributed by atoms with Crippen molar-refractivity contribution in [3.05, 3.63) is 65.7 Å². The minimum atomic E-state index is -2.40. The van der Waals surface area contributed by atoms with Crippen LogP contribution in [-0.2, 0) is 10.7 Å². The van der Waals surface area contributed by atoms with Crippen molar-refractivity contribution in [3.8, 4) is 0 Å². The van der Waals surface area contributed by atoms with Crippen LogP contribution in [0.2, 0.25) is 0 Å². The lowest BCUT2D eigenvalue weighted by molar-refractivity contribution is 0.0988. The molecule has 0 fully saturated rings. The van der Waals surface area contributed by atoms with E-state index >= 15 is 0 Å². The first-order chi connectivity index (χ1) is 9.91. The Bertz CT molecular complexity index is 654. The number of carbonyl (C=O) groups excluding carboxylic acids is 2. The largest absolute Gasteiger partial charge is 0.366 e. The number of primary amides is 2. The molecule has 21 heavy (non-hydrogen) atoms. The highest BCUT2D eigenvalue weighted by molar-refractivity contribution is 7.72. The lowest BCUT2D eigenvalue weighted by Crippen LogP contribution is -2.13. The molecule has 0 unspecified atom stereocenters. The third-order valence-electron chi connectivity index (χ3n) is 2.42. The molecule has 0 atom stereocenters. The molecule has 6 nitrogen and oxygen atoms in total. The van der Waals surface area contributed by atoms with Crippen LogP contribution in [0.25, 0.3) is 0 Å². The Morgan fingerprint density at radius 3 is 1.33 bits per heavy atom. The molecular formula is C14H14N2O4S. The van der Waals surface area contributed by atoms with E-state index in [1.54, 1.807) is 30.3 Å². The topological polar surface area (TPSA) is 120 Å². The van der Waals surface area contributed by atoms with E-state index in [0.717, 1.165) is 0 Å². The van der Waals surface area contributed by atoms with Gasteiger partial charge < -0.3 is 11.5 Å². The summed E-state index contributed by atoms with van der Waals surface area (Å²) in [6.45, 7) is 0. The Balaban J connectivity index is 0.000000219. The summed E-state index contributed by atoms with van der Waals surface area (Å²) in [5.74, 6) is -1.04. The number of thiol groups is 1. The summed E-state index contributed by atoms with van der Waals surface area (Å²) < 4.78 is 20.5. The summed E-state index contributed by atoms with van der Waals surface area (Å²) in [6.07, 6.45) is 0. The van der Waals surface area contributed by atoms with E-state index in [1.807, 2.05) is 0 Å². The Hall–Kier alpha value is -2.67. The first kappa shape index (κ1) is 16.4. The van der Waals surface area contributed by atoms with Crippen molar-refractivity contribution < 1.29 is 18.0 Å². The van der Waals surface area contributed by atoms with Gasteiger partial charge in [-0.3, -0.25) is 9.59 Å². The Morgan fingerprint density at radius 1 is 0.714 bits per heavy atom. The van der Waals surface area contributed by atoms with Gasteiger partial charge in [0.1, 0.15) is 0 Å². The minimum absolute atomic E-state index is 0.361. The lowest BCUT2D eigenvalue weighted by Gasteiger charge is -1.96. The van der Waals surface area contributed by atoms with Gasteiger partial charge in [-0.2, -0.15) is 0 Å². The zero-order valence-electron chi connectivity index (χ0n) is 10.9. The van der Waals surface area contributed by atoms with E-state index in [2.05, 4.69) is 0 Å². The van der Waals surface area contributed by atoms with E-state index in [4.69, 9.17) is 11.5 Å². The molecule has 0 radical (unpaired) electrons. The van der Waals surface area contributed by atoms with Gasteiger partial charge >= 0.3 is 0 Å². The Morgan fingerprint density at radius 2 is 1.10 bits per heavy atom. The van der Waals surface area contributed by atoms with Crippen LogP contribution in [0, 0.1) is 0 Å². The van der Waals surface area contributed by atoms with Gasteiger partial charge in [0.05, 0.1) is 4.90 Å². The molecular weight excluding hydrogens is 292 g/mol. The monoisotopic (exact) mass is 306 g/mol. The Labute approximate surface area is 123 Å². The van der Waals surface area contributed by atoms with Crippen molar-refractivity contribution in [2.24, 2.45) is 11.5 Å². The maximum absolute atomic E-state index is 10.6. The van der Waals surface area contributed by atoms with Gasteiger partial charge in [0, 0.05) is 11.1 Å². The predicted molar refractivity (Wildman–Crippen MR) is 78.5 cm³/mol. The highest BCUT2D eigenvalue weighted by Gasteiger charge is 2.02. The standard InChI is InChI=1S/C8H8N2O2.C6H6O2S/c9-7(11)5-1-2-6(4-3-5)8(10)12;7-9(8)6-4-2-1-3-5-6/h1-4H,(H2,9,11)(H2,10,12);1-5,9H. The van der Waals surface area contributed by atoms with Crippen LogP contribution < -0.4 is 11.5 Å². The van der Waals surface area contributed by atoms with Crippen molar-refractivity contribution in [1.29, 1.82) is 0 Å². The second-order valence-corrected chi connectivity index (χ2v) is 4.93. The van der Waals surface area contributed by atoms with Gasteiger partial charge in [0.2, 0.25) is 11.8 Å². The summed E-state index contributed by atoms with van der Waals surface area (Å²) >= 11 is 0. The van der Waals surface area contributed by atoms with Crippen LogP contribution in [0.4, 0.5) is 0 Å². The minimum Gasteiger partial charge on any atom is -0.366 e. The molecule has 110 valence electrons. The normalized spacial score (nSPS) is 9.57. The number of hydrogen-bond acceptors (Lipinski definition) is 4. The summed E-state index contributed by atoms with van der Waals surface area (Å²) in [5.41, 5.74) is 10.7. The van der Waals surface area contributed by atoms with Crippen molar-refractivity contribution in [3.63, 3.8) is 0 Å². The van der Waals surface area contributed by atoms with Crippen molar-refractivity contribution in [1.82, 2.24) is 0 Å². The molecule has 0 saturated heterocycles. The molecule has 2 amide bonds. The third-order valence-corrected chi connectivity index (χ3v) is 3.14. The molecule has 2 aromatic carbocycles. The Kier molecular flexibility index (Phi) is 6.09. The first-order valence-electron chi connectivity index (χ1n) is 5.81. The van der Waals surface area contributed by atoms with Gasteiger partial charge in [-0.25, -0.2) is 8.42 Å². The SMILES string of the molecule is NC(=O)c1ccc(C(N)=O)cc1.O=[SH](=O)c1ccccc1. The predicted octanol–water partition coefficient (Wildman–Crippen LogP) is 0.541. The molecule has 4 N–H and O–H groups in total. The van der Waals surface area contributed by atoms with Gasteiger partial charge in [-0.05, 0) is 36.4 Å². The van der Waals surface area contributed by atoms with Crippen LogP contribution in [0.15, 0.2) is 59.5 Å². The molecule has 2 aromatic rings.